The van der Waals surface area contributed by atoms with Crippen LogP contribution in [0.15, 0.2) is 48.5 Å². The van der Waals surface area contributed by atoms with Crippen LogP contribution in [0.4, 0.5) is 4.79 Å². The average molecular weight is 428 g/mol. The lowest BCUT2D eigenvalue weighted by Gasteiger charge is -2.24. The maximum absolute atomic E-state index is 12.4. The van der Waals surface area contributed by atoms with Gasteiger partial charge in [0.25, 0.3) is 6.01 Å². The van der Waals surface area contributed by atoms with Gasteiger partial charge in [0.1, 0.15) is 11.7 Å². The molecule has 1 aliphatic heterocycles. The molecule has 0 bridgehead atoms. The van der Waals surface area contributed by atoms with Crippen molar-refractivity contribution in [3.63, 3.8) is 0 Å². The van der Waals surface area contributed by atoms with Gasteiger partial charge >= 0.3 is 6.09 Å². The number of amides is 1. The van der Waals surface area contributed by atoms with Gasteiger partial charge < -0.3 is 14.4 Å². The van der Waals surface area contributed by atoms with E-state index < -0.39 is 5.60 Å². The Labute approximate surface area is 181 Å². The Bertz CT molecular complexity index is 1060. The topological polar surface area (TPSA) is 56.6 Å². The summed E-state index contributed by atoms with van der Waals surface area (Å²) in [5, 5.41) is 0.707. The Balaban J connectivity index is 1.55. The molecule has 1 fully saturated rings. The summed E-state index contributed by atoms with van der Waals surface area (Å²) < 4.78 is 13.8. The SMILES string of the molecule is CC(C)(C)OC(=O)N1CC[C@@H](Oc2nc3ccccc3n2Cc2ccccc2Cl)C1. The molecule has 1 amide bonds. The molecular formula is C23H26ClN3O3. The van der Waals surface area contributed by atoms with Crippen molar-refractivity contribution >= 4 is 28.7 Å². The van der Waals surface area contributed by atoms with Gasteiger partial charge in [-0.15, -0.1) is 0 Å². The van der Waals surface area contributed by atoms with Gasteiger partial charge in [-0.1, -0.05) is 41.9 Å². The monoisotopic (exact) mass is 427 g/mol. The third-order valence-electron chi connectivity index (χ3n) is 4.97. The molecule has 0 N–H and O–H groups in total. The number of hydrogen-bond acceptors (Lipinski definition) is 4. The highest BCUT2D eigenvalue weighted by Gasteiger charge is 2.32. The molecule has 0 unspecified atom stereocenters. The number of likely N-dealkylation sites (tertiary alicyclic amines) is 1. The van der Waals surface area contributed by atoms with Gasteiger partial charge in [-0.25, -0.2) is 4.79 Å². The number of hydrogen-bond donors (Lipinski definition) is 0. The van der Waals surface area contributed by atoms with Crippen molar-refractivity contribution in [3.05, 3.63) is 59.1 Å². The van der Waals surface area contributed by atoms with E-state index in [4.69, 9.17) is 26.1 Å². The second-order valence-electron chi connectivity index (χ2n) is 8.52. The molecule has 1 aromatic heterocycles. The molecule has 1 aliphatic rings. The maximum atomic E-state index is 12.4. The van der Waals surface area contributed by atoms with Crippen LogP contribution in [0, 0.1) is 0 Å². The van der Waals surface area contributed by atoms with Crippen molar-refractivity contribution in [1.29, 1.82) is 0 Å². The Morgan fingerprint density at radius 3 is 2.67 bits per heavy atom. The van der Waals surface area contributed by atoms with E-state index in [1.165, 1.54) is 0 Å². The third kappa shape index (κ3) is 4.54. The molecule has 0 radical (unpaired) electrons. The maximum Gasteiger partial charge on any atom is 0.410 e. The van der Waals surface area contributed by atoms with Crippen LogP contribution in [0.3, 0.4) is 0 Å². The molecule has 6 nitrogen and oxygen atoms in total. The fourth-order valence-corrected chi connectivity index (χ4v) is 3.75. The number of carbonyl (C=O) groups is 1. The lowest BCUT2D eigenvalue weighted by Crippen LogP contribution is -2.36. The standard InChI is InChI=1S/C23H26ClN3O3/c1-23(2,3)30-22(28)26-13-12-17(15-26)29-21-25-19-10-6-7-11-20(19)27(21)14-16-8-4-5-9-18(16)24/h4-11,17H,12-15H2,1-3H3/t17-/m1/s1. The van der Waals surface area contributed by atoms with Crippen molar-refractivity contribution in [3.8, 4) is 6.01 Å². The van der Waals surface area contributed by atoms with Crippen LogP contribution >= 0.6 is 11.6 Å². The van der Waals surface area contributed by atoms with Gasteiger partial charge in [-0.05, 0) is 44.5 Å². The number of rotatable bonds is 4. The van der Waals surface area contributed by atoms with Gasteiger partial charge in [0.15, 0.2) is 0 Å². The first kappa shape index (κ1) is 20.5. The van der Waals surface area contributed by atoms with Gasteiger partial charge in [-0.3, -0.25) is 4.57 Å². The van der Waals surface area contributed by atoms with E-state index in [0.717, 1.165) is 23.0 Å². The van der Waals surface area contributed by atoms with Crippen molar-refractivity contribution in [2.45, 2.75) is 45.4 Å². The smallest absolute Gasteiger partial charge is 0.410 e. The zero-order valence-electron chi connectivity index (χ0n) is 17.5. The zero-order chi connectivity index (χ0) is 21.3. The molecular weight excluding hydrogens is 402 g/mol. The van der Waals surface area contributed by atoms with Crippen molar-refractivity contribution < 1.29 is 14.3 Å². The summed E-state index contributed by atoms with van der Waals surface area (Å²) in [4.78, 5) is 18.7. The summed E-state index contributed by atoms with van der Waals surface area (Å²) in [6, 6.07) is 16.2. The predicted molar refractivity (Wildman–Crippen MR) is 117 cm³/mol. The van der Waals surface area contributed by atoms with Gasteiger partial charge in [0.2, 0.25) is 0 Å². The Hall–Kier alpha value is -2.73. The fraction of sp³-hybridized carbons (Fsp3) is 0.391. The largest absolute Gasteiger partial charge is 0.459 e. The van der Waals surface area contributed by atoms with E-state index in [-0.39, 0.29) is 12.2 Å². The van der Waals surface area contributed by atoms with Crippen molar-refractivity contribution in [1.82, 2.24) is 14.5 Å². The van der Waals surface area contributed by atoms with Gasteiger partial charge in [0, 0.05) is 18.0 Å². The second kappa shape index (κ2) is 8.19. The van der Waals surface area contributed by atoms with Crippen LogP contribution < -0.4 is 4.74 Å². The highest BCUT2D eigenvalue weighted by Crippen LogP contribution is 2.27. The van der Waals surface area contributed by atoms with Crippen LogP contribution in [0.1, 0.15) is 32.8 Å². The van der Waals surface area contributed by atoms with Crippen molar-refractivity contribution in [2.75, 3.05) is 13.1 Å². The summed E-state index contributed by atoms with van der Waals surface area (Å²) in [5.74, 6) is 0. The minimum Gasteiger partial charge on any atom is -0.459 e. The number of carbonyl (C=O) groups excluding carboxylic acids is 1. The molecule has 1 saturated heterocycles. The minimum absolute atomic E-state index is 0.140. The van der Waals surface area contributed by atoms with E-state index in [0.29, 0.717) is 30.7 Å². The first-order chi connectivity index (χ1) is 14.3. The van der Waals surface area contributed by atoms with Crippen molar-refractivity contribution in [2.24, 2.45) is 0 Å². The summed E-state index contributed by atoms with van der Waals surface area (Å²) in [7, 11) is 0. The number of fused-ring (bicyclic) bond motifs is 1. The first-order valence-electron chi connectivity index (χ1n) is 10.1. The fourth-order valence-electron chi connectivity index (χ4n) is 3.56. The van der Waals surface area contributed by atoms with Crippen LogP contribution in [-0.4, -0.2) is 45.3 Å². The minimum atomic E-state index is -0.515. The number of halogens is 1. The van der Waals surface area contributed by atoms with E-state index in [1.54, 1.807) is 4.90 Å². The number of imidazole rings is 1. The van der Waals surface area contributed by atoms with Gasteiger partial charge in [-0.2, -0.15) is 4.98 Å². The molecule has 4 rings (SSSR count). The lowest BCUT2D eigenvalue weighted by molar-refractivity contribution is 0.0273. The highest BCUT2D eigenvalue weighted by molar-refractivity contribution is 6.31. The van der Waals surface area contributed by atoms with Crippen LogP contribution in [0.2, 0.25) is 5.02 Å². The summed E-state index contributed by atoms with van der Waals surface area (Å²) in [6.07, 6.45) is 0.284. The molecule has 0 saturated carbocycles. The average Bonchev–Trinajstić information content (AvgIpc) is 3.28. The molecule has 1 atom stereocenters. The molecule has 0 aliphatic carbocycles. The second-order valence-corrected chi connectivity index (χ2v) is 8.92. The van der Waals surface area contributed by atoms with Crippen LogP contribution in [0.5, 0.6) is 6.01 Å². The molecule has 0 spiro atoms. The van der Waals surface area contributed by atoms with Crippen LogP contribution in [0.25, 0.3) is 11.0 Å². The van der Waals surface area contributed by atoms with Gasteiger partial charge in [0.05, 0.1) is 24.1 Å². The molecule has 7 heteroatoms. The Kier molecular flexibility index (Phi) is 5.60. The predicted octanol–water partition coefficient (Wildman–Crippen LogP) is 5.13. The number of benzene rings is 2. The molecule has 3 aromatic rings. The van der Waals surface area contributed by atoms with E-state index >= 15 is 0 Å². The van der Waals surface area contributed by atoms with E-state index in [1.807, 2.05) is 73.9 Å². The summed E-state index contributed by atoms with van der Waals surface area (Å²) in [5.41, 5.74) is 2.32. The molecule has 158 valence electrons. The Morgan fingerprint density at radius 1 is 1.17 bits per heavy atom. The summed E-state index contributed by atoms with van der Waals surface area (Å²) >= 11 is 6.39. The quantitative estimate of drug-likeness (QED) is 0.579. The lowest BCUT2D eigenvalue weighted by atomic mass is 10.2. The number of nitrogens with zero attached hydrogens (tertiary/aromatic N) is 3. The first-order valence-corrected chi connectivity index (χ1v) is 10.5. The van der Waals surface area contributed by atoms with Crippen LogP contribution in [-0.2, 0) is 11.3 Å². The van der Waals surface area contributed by atoms with E-state index in [2.05, 4.69) is 0 Å². The number of ether oxygens (including phenoxy) is 2. The molecule has 2 aromatic carbocycles. The normalized spacial score (nSPS) is 16.8. The third-order valence-corrected chi connectivity index (χ3v) is 5.34. The molecule has 2 heterocycles. The highest BCUT2D eigenvalue weighted by atomic mass is 35.5. The molecule has 30 heavy (non-hydrogen) atoms. The summed E-state index contributed by atoms with van der Waals surface area (Å²) in [6.45, 7) is 7.23. The zero-order valence-corrected chi connectivity index (χ0v) is 18.2. The number of aromatic nitrogens is 2. The number of para-hydroxylation sites is 2. The van der Waals surface area contributed by atoms with E-state index in [9.17, 15) is 4.79 Å². The Morgan fingerprint density at radius 2 is 1.90 bits per heavy atom.